The average molecular weight is 435 g/mol. The predicted molar refractivity (Wildman–Crippen MR) is 110 cm³/mol. The highest BCUT2D eigenvalue weighted by atomic mass is 16.8. The molecule has 0 aromatic heterocycles. The number of hydrogen-bond acceptors (Lipinski definition) is 7. The van der Waals surface area contributed by atoms with Crippen molar-refractivity contribution in [2.75, 3.05) is 0 Å². The summed E-state index contributed by atoms with van der Waals surface area (Å²) in [5.74, 6) is -0.890. The molecule has 1 heterocycles. The molecule has 2 N–H and O–H groups in total. The maximum absolute atomic E-state index is 12.6. The molecule has 11 atom stereocenters. The number of ether oxygens (including phenoxy) is 3. The van der Waals surface area contributed by atoms with Crippen LogP contribution < -0.4 is 0 Å². The first-order valence-corrected chi connectivity index (χ1v) is 11.6. The predicted octanol–water partition coefficient (Wildman–Crippen LogP) is 2.83. The van der Waals surface area contributed by atoms with Crippen LogP contribution in [0.3, 0.4) is 0 Å². The van der Waals surface area contributed by atoms with Gasteiger partial charge in [0.1, 0.15) is 0 Å². The summed E-state index contributed by atoms with van der Waals surface area (Å²) in [5.41, 5.74) is -1.54. The van der Waals surface area contributed by atoms with Crippen LogP contribution in [0.5, 0.6) is 0 Å². The Morgan fingerprint density at radius 1 is 1.29 bits per heavy atom. The molecular weight excluding hydrogens is 400 g/mol. The number of fused-ring (bicyclic) bond motifs is 3. The zero-order valence-electron chi connectivity index (χ0n) is 19.1. The molecule has 4 fully saturated rings. The summed E-state index contributed by atoms with van der Waals surface area (Å²) in [5, 5.41) is 23.6. The van der Waals surface area contributed by atoms with Gasteiger partial charge >= 0.3 is 12.1 Å². The second kappa shape index (κ2) is 6.25. The maximum atomic E-state index is 12.6. The van der Waals surface area contributed by atoms with E-state index in [9.17, 15) is 19.8 Å². The normalized spacial score (nSPS) is 53.6. The summed E-state index contributed by atoms with van der Waals surface area (Å²) in [6.07, 6.45) is -0.911. The van der Waals surface area contributed by atoms with Gasteiger partial charge in [0, 0.05) is 18.8 Å². The number of rotatable bonds is 2. The fraction of sp³-hybridized carbons (Fsp3) is 0.833. The molecule has 2 spiro atoms. The highest BCUT2D eigenvalue weighted by Gasteiger charge is 2.82. The third-order valence-corrected chi connectivity index (χ3v) is 9.66. The van der Waals surface area contributed by atoms with Crippen molar-refractivity contribution >= 4 is 12.1 Å². The molecule has 0 aromatic carbocycles. The molecular formula is C24H34O7. The van der Waals surface area contributed by atoms with Crippen LogP contribution in [0, 0.1) is 40.4 Å². The van der Waals surface area contributed by atoms with E-state index in [1.165, 1.54) is 6.92 Å². The Labute approximate surface area is 183 Å². The van der Waals surface area contributed by atoms with Crippen LogP contribution in [0.4, 0.5) is 4.79 Å². The lowest BCUT2D eigenvalue weighted by molar-refractivity contribution is -0.195. The van der Waals surface area contributed by atoms with Gasteiger partial charge in [-0.25, -0.2) is 4.79 Å². The van der Waals surface area contributed by atoms with Crippen molar-refractivity contribution in [3.8, 4) is 0 Å². The van der Waals surface area contributed by atoms with Crippen molar-refractivity contribution < 1.29 is 34.0 Å². The first-order valence-electron chi connectivity index (χ1n) is 11.6. The van der Waals surface area contributed by atoms with Crippen molar-refractivity contribution in [3.63, 3.8) is 0 Å². The Morgan fingerprint density at radius 2 is 1.97 bits per heavy atom. The summed E-state index contributed by atoms with van der Waals surface area (Å²) in [7, 11) is 0. The second-order valence-corrected chi connectivity index (χ2v) is 11.1. The maximum Gasteiger partial charge on any atom is 0.509 e. The fourth-order valence-electron chi connectivity index (χ4n) is 8.22. The molecule has 2 bridgehead atoms. The summed E-state index contributed by atoms with van der Waals surface area (Å²) in [6.45, 7) is 11.7. The molecule has 0 radical (unpaired) electrons. The van der Waals surface area contributed by atoms with Crippen molar-refractivity contribution in [2.45, 2.75) is 84.4 Å². The Morgan fingerprint density at radius 3 is 2.58 bits per heavy atom. The average Bonchev–Trinajstić information content (AvgIpc) is 2.98. The van der Waals surface area contributed by atoms with E-state index in [-0.39, 0.29) is 23.2 Å². The third kappa shape index (κ3) is 2.27. The first kappa shape index (κ1) is 21.3. The van der Waals surface area contributed by atoms with Gasteiger partial charge in [-0.05, 0) is 41.6 Å². The van der Waals surface area contributed by atoms with E-state index in [1.807, 2.05) is 19.9 Å². The minimum absolute atomic E-state index is 0.0254. The van der Waals surface area contributed by atoms with E-state index < -0.39 is 53.5 Å². The van der Waals surface area contributed by atoms with Crippen molar-refractivity contribution in [1.29, 1.82) is 0 Å². The summed E-state index contributed by atoms with van der Waals surface area (Å²) < 4.78 is 17.6. The van der Waals surface area contributed by atoms with E-state index >= 15 is 0 Å². The van der Waals surface area contributed by atoms with Crippen LogP contribution in [0.15, 0.2) is 11.6 Å². The van der Waals surface area contributed by atoms with Crippen molar-refractivity contribution in [2.24, 2.45) is 40.4 Å². The molecule has 1 aliphatic heterocycles. The lowest BCUT2D eigenvalue weighted by Crippen LogP contribution is -2.66. The molecule has 0 amide bonds. The summed E-state index contributed by atoms with van der Waals surface area (Å²) in [6, 6.07) is 0. The second-order valence-electron chi connectivity index (χ2n) is 11.1. The van der Waals surface area contributed by atoms with E-state index in [1.54, 1.807) is 0 Å². The third-order valence-electron chi connectivity index (χ3n) is 9.66. The molecule has 7 heteroatoms. The number of aliphatic hydroxyl groups is 2. The molecule has 5 aliphatic rings. The number of hydrogen-bond donors (Lipinski definition) is 2. The Balaban J connectivity index is 1.79. The van der Waals surface area contributed by atoms with E-state index in [0.717, 1.165) is 12.0 Å². The zero-order valence-corrected chi connectivity index (χ0v) is 19.1. The summed E-state index contributed by atoms with van der Waals surface area (Å²) in [4.78, 5) is 24.7. The van der Waals surface area contributed by atoms with Crippen LogP contribution >= 0.6 is 0 Å². The Hall–Kier alpha value is -1.60. The fourth-order valence-corrected chi connectivity index (χ4v) is 8.22. The van der Waals surface area contributed by atoms with E-state index in [0.29, 0.717) is 12.3 Å². The first-order chi connectivity index (χ1) is 14.4. The van der Waals surface area contributed by atoms with Crippen LogP contribution in [-0.2, 0) is 19.0 Å². The molecule has 31 heavy (non-hydrogen) atoms. The van der Waals surface area contributed by atoms with Crippen LogP contribution in [0.2, 0.25) is 0 Å². The largest absolute Gasteiger partial charge is 0.509 e. The van der Waals surface area contributed by atoms with Gasteiger partial charge in [0.15, 0.2) is 12.2 Å². The molecule has 5 rings (SSSR count). The van der Waals surface area contributed by atoms with Gasteiger partial charge in [-0.1, -0.05) is 40.7 Å². The number of carbonyl (C=O) groups excluding carboxylic acids is 2. The van der Waals surface area contributed by atoms with Gasteiger partial charge in [-0.2, -0.15) is 0 Å². The quantitative estimate of drug-likeness (QED) is 0.509. The van der Waals surface area contributed by atoms with Crippen LogP contribution in [-0.4, -0.2) is 52.4 Å². The molecule has 11 unspecified atom stereocenters. The number of esters is 1. The van der Waals surface area contributed by atoms with Gasteiger partial charge in [-0.15, -0.1) is 0 Å². The molecule has 1 saturated heterocycles. The Bertz CT molecular complexity index is 864. The minimum Gasteiger partial charge on any atom is -0.454 e. The van der Waals surface area contributed by atoms with Crippen molar-refractivity contribution in [3.05, 3.63) is 11.6 Å². The van der Waals surface area contributed by atoms with Gasteiger partial charge < -0.3 is 24.4 Å². The smallest absolute Gasteiger partial charge is 0.454 e. The zero-order chi connectivity index (χ0) is 22.7. The molecule has 0 aromatic rings. The van der Waals surface area contributed by atoms with E-state index in [2.05, 4.69) is 20.8 Å². The molecule has 172 valence electrons. The lowest BCUT2D eigenvalue weighted by Gasteiger charge is -2.50. The van der Waals surface area contributed by atoms with Gasteiger partial charge in [0.2, 0.25) is 5.60 Å². The standard InChI is InChI=1S/C24H34O7/c1-7-13-9-23-10(2)8-14-16(22(14,5)6)15(18(23)27)17(26)11(3)19-24(23,31-21(28)30-19)20(13)29-12(4)25/h9-11,14-20,26-27H,7-8H2,1-6H3. The minimum atomic E-state index is -1.39. The lowest BCUT2D eigenvalue weighted by atomic mass is 9.58. The highest BCUT2D eigenvalue weighted by molar-refractivity contribution is 5.69. The summed E-state index contributed by atoms with van der Waals surface area (Å²) >= 11 is 0. The highest BCUT2D eigenvalue weighted by Crippen LogP contribution is 2.75. The van der Waals surface area contributed by atoms with Crippen molar-refractivity contribution in [1.82, 2.24) is 0 Å². The number of aliphatic hydroxyl groups excluding tert-OH is 2. The topological polar surface area (TPSA) is 102 Å². The number of carbonyl (C=O) groups is 2. The van der Waals surface area contributed by atoms with Crippen LogP contribution in [0.1, 0.15) is 54.4 Å². The Kier molecular flexibility index (Phi) is 4.29. The monoisotopic (exact) mass is 434 g/mol. The molecule has 4 aliphatic carbocycles. The van der Waals surface area contributed by atoms with Gasteiger partial charge in [-0.3, -0.25) is 4.79 Å². The van der Waals surface area contributed by atoms with Crippen LogP contribution in [0.25, 0.3) is 0 Å². The molecule has 7 nitrogen and oxygen atoms in total. The van der Waals surface area contributed by atoms with E-state index in [4.69, 9.17) is 14.2 Å². The van der Waals surface area contributed by atoms with Gasteiger partial charge in [0.25, 0.3) is 0 Å². The SMILES string of the molecule is CCC1=CC23C(C)CC4C(C(C(O)C(C)C5OC(=O)OC52C1OC(C)=O)C3O)C4(C)C. The molecule has 3 saturated carbocycles. The van der Waals surface area contributed by atoms with Gasteiger partial charge in [0.05, 0.1) is 17.6 Å².